The molecule has 4 N–H and O–H groups in total. The number of aliphatic hydroxyl groups excluding tert-OH is 1. The highest BCUT2D eigenvalue weighted by molar-refractivity contribution is 6.00. The minimum absolute atomic E-state index is 0.0997. The van der Waals surface area contributed by atoms with Gasteiger partial charge in [0.25, 0.3) is 0 Å². The zero-order chi connectivity index (χ0) is 33.8. The van der Waals surface area contributed by atoms with Crippen molar-refractivity contribution >= 4 is 35.0 Å². The molecule has 3 aromatic rings. The molecule has 0 saturated heterocycles. The Morgan fingerprint density at radius 1 is 1.11 bits per heavy atom. The number of hydrogen-bond acceptors (Lipinski definition) is 7. The molecule has 1 aromatic heterocycles. The number of aliphatic hydroxyl groups is 1. The van der Waals surface area contributed by atoms with Gasteiger partial charge in [0.05, 0.1) is 31.2 Å². The fourth-order valence-corrected chi connectivity index (χ4v) is 4.98. The van der Waals surface area contributed by atoms with E-state index in [9.17, 15) is 32.7 Å². The first-order valence-corrected chi connectivity index (χ1v) is 14.6. The minimum Gasteiger partial charge on any atom is -0.488 e. The monoisotopic (exact) mass is 646 g/mol. The van der Waals surface area contributed by atoms with E-state index in [0.717, 1.165) is 24.3 Å². The summed E-state index contributed by atoms with van der Waals surface area (Å²) in [5.74, 6) is 0.294. The Bertz CT molecular complexity index is 1540. The Morgan fingerprint density at radius 3 is 2.37 bits per heavy atom. The molecule has 0 radical (unpaired) electrons. The second-order valence-electron chi connectivity index (χ2n) is 11.4. The second-order valence-corrected chi connectivity index (χ2v) is 11.4. The molecule has 0 saturated carbocycles. The van der Waals surface area contributed by atoms with Crippen molar-refractivity contribution in [3.63, 3.8) is 0 Å². The number of likely N-dealkylation sites (N-methyl/N-ethyl adjacent to an activating group) is 1. The fraction of sp³-hybridized carbons (Fsp3) is 0.419. The Kier molecular flexibility index (Phi) is 10.5. The van der Waals surface area contributed by atoms with E-state index in [-0.39, 0.29) is 43.6 Å². The van der Waals surface area contributed by atoms with E-state index in [4.69, 9.17) is 9.26 Å². The molecule has 0 spiro atoms. The fourth-order valence-electron chi connectivity index (χ4n) is 4.98. The lowest BCUT2D eigenvalue weighted by Gasteiger charge is -2.34. The lowest BCUT2D eigenvalue weighted by Crippen LogP contribution is -2.48. The minimum atomic E-state index is -4.50. The van der Waals surface area contributed by atoms with Crippen molar-refractivity contribution in [3.05, 3.63) is 65.0 Å². The maximum atomic E-state index is 13.5. The number of fused-ring (bicyclic) bond motifs is 1. The molecule has 5 amide bonds. The summed E-state index contributed by atoms with van der Waals surface area (Å²) in [4.78, 5) is 42.2. The normalized spacial score (nSPS) is 17.5. The lowest BCUT2D eigenvalue weighted by atomic mass is 10.0. The van der Waals surface area contributed by atoms with Crippen LogP contribution in [0.5, 0.6) is 5.75 Å². The van der Waals surface area contributed by atoms with E-state index < -0.39 is 35.9 Å². The van der Waals surface area contributed by atoms with E-state index in [1.165, 1.54) is 4.90 Å². The van der Waals surface area contributed by atoms with Crippen molar-refractivity contribution in [1.29, 1.82) is 0 Å². The van der Waals surface area contributed by atoms with E-state index in [1.807, 2.05) is 6.92 Å². The number of anilines is 3. The van der Waals surface area contributed by atoms with Gasteiger partial charge in [0, 0.05) is 36.4 Å². The molecule has 1 aliphatic heterocycles. The first kappa shape index (κ1) is 34.1. The summed E-state index contributed by atoms with van der Waals surface area (Å²) in [5.41, 5.74) is 1.08. The van der Waals surface area contributed by atoms with Crippen molar-refractivity contribution in [2.45, 2.75) is 52.4 Å². The number of carbonyl (C=O) groups excluding carboxylic acids is 3. The molecule has 12 nitrogen and oxygen atoms in total. The van der Waals surface area contributed by atoms with E-state index in [2.05, 4.69) is 21.1 Å². The number of hydrogen-bond donors (Lipinski definition) is 4. The van der Waals surface area contributed by atoms with Gasteiger partial charge in [-0.05, 0) is 63.2 Å². The molecule has 0 aliphatic carbocycles. The van der Waals surface area contributed by atoms with Gasteiger partial charge < -0.3 is 40.1 Å². The van der Waals surface area contributed by atoms with Crippen LogP contribution in [0.4, 0.5) is 39.8 Å². The number of ether oxygens (including phenoxy) is 1. The Balaban J connectivity index is 1.54. The van der Waals surface area contributed by atoms with Crippen LogP contribution in [0.3, 0.4) is 0 Å². The first-order valence-electron chi connectivity index (χ1n) is 14.6. The largest absolute Gasteiger partial charge is 0.488 e. The predicted octanol–water partition coefficient (Wildman–Crippen LogP) is 5.27. The Labute approximate surface area is 263 Å². The van der Waals surface area contributed by atoms with E-state index in [0.29, 0.717) is 34.1 Å². The molecule has 1 aliphatic rings. The number of rotatable bonds is 7. The van der Waals surface area contributed by atoms with E-state index >= 15 is 0 Å². The van der Waals surface area contributed by atoms with Crippen molar-refractivity contribution in [1.82, 2.24) is 15.0 Å². The Hall–Kier alpha value is -4.79. The molecule has 46 heavy (non-hydrogen) atoms. The summed E-state index contributed by atoms with van der Waals surface area (Å²) < 4.78 is 50.2. The van der Waals surface area contributed by atoms with Crippen LogP contribution < -0.4 is 20.7 Å². The van der Waals surface area contributed by atoms with Crippen LogP contribution in [-0.4, -0.2) is 76.9 Å². The lowest BCUT2D eigenvalue weighted by molar-refractivity contribution is -0.137. The van der Waals surface area contributed by atoms with Crippen LogP contribution >= 0.6 is 0 Å². The van der Waals surface area contributed by atoms with Gasteiger partial charge in [-0.1, -0.05) is 12.1 Å². The van der Waals surface area contributed by atoms with Crippen LogP contribution in [0.15, 0.2) is 47.0 Å². The first-order chi connectivity index (χ1) is 21.7. The number of carbonyl (C=O) groups is 3. The van der Waals surface area contributed by atoms with Gasteiger partial charge in [0.2, 0.25) is 5.91 Å². The predicted molar refractivity (Wildman–Crippen MR) is 164 cm³/mol. The molecule has 3 atom stereocenters. The third kappa shape index (κ3) is 8.27. The quantitative estimate of drug-likeness (QED) is 0.273. The highest BCUT2D eigenvalue weighted by Crippen LogP contribution is 2.31. The summed E-state index contributed by atoms with van der Waals surface area (Å²) in [7, 11) is 1.61. The van der Waals surface area contributed by atoms with Crippen LogP contribution in [-0.2, 0) is 17.4 Å². The van der Waals surface area contributed by atoms with Gasteiger partial charge in [-0.2, -0.15) is 13.2 Å². The molecule has 15 heteroatoms. The number of halogens is 3. The number of aryl methyl sites for hydroxylation is 2. The molecule has 2 aromatic carbocycles. The number of benzene rings is 2. The molecule has 0 bridgehead atoms. The molecule has 4 rings (SSSR count). The number of amides is 5. The average Bonchev–Trinajstić information content (AvgIpc) is 3.33. The van der Waals surface area contributed by atoms with Crippen LogP contribution in [0.1, 0.15) is 36.4 Å². The third-order valence-electron chi connectivity index (χ3n) is 7.71. The number of nitrogens with one attached hydrogen (secondary N) is 3. The number of nitrogens with zero attached hydrogens (tertiary/aromatic N) is 3. The van der Waals surface area contributed by atoms with Gasteiger partial charge in [-0.15, -0.1) is 0 Å². The Morgan fingerprint density at radius 2 is 1.76 bits per heavy atom. The summed E-state index contributed by atoms with van der Waals surface area (Å²) in [6.07, 6.45) is -5.18. The average molecular weight is 647 g/mol. The van der Waals surface area contributed by atoms with Gasteiger partial charge >= 0.3 is 18.2 Å². The van der Waals surface area contributed by atoms with Gasteiger partial charge in [0.1, 0.15) is 23.2 Å². The van der Waals surface area contributed by atoms with E-state index in [1.54, 1.807) is 50.9 Å². The third-order valence-corrected chi connectivity index (χ3v) is 7.71. The van der Waals surface area contributed by atoms with Crippen LogP contribution in [0.25, 0.3) is 0 Å². The molecular weight excluding hydrogens is 609 g/mol. The van der Waals surface area contributed by atoms with Gasteiger partial charge in [0.15, 0.2) is 5.76 Å². The number of aromatic nitrogens is 1. The highest BCUT2D eigenvalue weighted by atomic mass is 19.4. The van der Waals surface area contributed by atoms with Gasteiger partial charge in [-0.25, -0.2) is 9.59 Å². The zero-order valence-electron chi connectivity index (χ0n) is 26.1. The maximum Gasteiger partial charge on any atom is 0.416 e. The van der Waals surface area contributed by atoms with Crippen LogP contribution in [0, 0.1) is 19.8 Å². The molecule has 2 heterocycles. The molecule has 248 valence electrons. The smallest absolute Gasteiger partial charge is 0.416 e. The standard InChI is InChI=1S/C31H37F3N6O6/c1-17-14-40(18(2)16-41)27(42)13-21-12-24(36-29(43)35-23-8-6-22(7-9-23)31(32,33)34)10-11-25(21)45-26(17)15-39(5)30(44)37-28-19(3)38-46-20(28)4/h6-12,17-18,26,41H,13-16H2,1-5H3,(H,37,44)(H2,35,36,43)/t17-,18+,26-/m1/s1. The summed E-state index contributed by atoms with van der Waals surface area (Å²) >= 11 is 0. The maximum absolute atomic E-state index is 13.5. The van der Waals surface area contributed by atoms with Crippen molar-refractivity contribution in [2.75, 3.05) is 42.7 Å². The van der Waals surface area contributed by atoms with Crippen molar-refractivity contribution < 1.29 is 41.9 Å². The van der Waals surface area contributed by atoms with Crippen molar-refractivity contribution in [2.24, 2.45) is 5.92 Å². The van der Waals surface area contributed by atoms with Crippen LogP contribution in [0.2, 0.25) is 0 Å². The molecule has 0 fully saturated rings. The number of alkyl halides is 3. The van der Waals surface area contributed by atoms with Crippen molar-refractivity contribution in [3.8, 4) is 5.75 Å². The molecular formula is C31H37F3N6O6. The SMILES string of the molecule is Cc1noc(C)c1NC(=O)N(C)C[C@H]1Oc2ccc(NC(=O)Nc3ccc(C(F)(F)F)cc3)cc2CC(=O)N([C@@H](C)CO)C[C@H]1C. The molecule has 0 unspecified atom stereocenters. The second kappa shape index (κ2) is 14.1. The van der Waals surface area contributed by atoms with Gasteiger partial charge in [-0.3, -0.25) is 4.79 Å². The zero-order valence-corrected chi connectivity index (χ0v) is 26.1. The summed E-state index contributed by atoms with van der Waals surface area (Å²) in [6.45, 7) is 7.14. The summed E-state index contributed by atoms with van der Waals surface area (Å²) in [6, 6.07) is 7.14. The number of urea groups is 2. The summed E-state index contributed by atoms with van der Waals surface area (Å²) in [5, 5.41) is 21.6. The highest BCUT2D eigenvalue weighted by Gasteiger charge is 2.32. The topological polar surface area (TPSA) is 149 Å².